The Balaban J connectivity index is 2.78. The first-order valence-corrected chi connectivity index (χ1v) is 4.71. The van der Waals surface area contributed by atoms with Gasteiger partial charge in [-0.05, 0) is 12.1 Å². The number of methoxy groups -OCH3 is 1. The predicted octanol–water partition coefficient (Wildman–Crippen LogP) is 2.72. The molecule has 0 unspecified atom stereocenters. The molecule has 0 saturated heterocycles. The zero-order valence-electron chi connectivity index (χ0n) is 7.78. The molecule has 2 nitrogen and oxygen atoms in total. The highest BCUT2D eigenvalue weighted by Crippen LogP contribution is 2.30. The molecule has 1 N–H and O–H groups in total. The van der Waals surface area contributed by atoms with Crippen molar-refractivity contribution < 1.29 is 4.74 Å². The van der Waals surface area contributed by atoms with Gasteiger partial charge in [0.05, 0.1) is 7.11 Å². The fourth-order valence-corrected chi connectivity index (χ4v) is 1.72. The van der Waals surface area contributed by atoms with E-state index in [4.69, 9.17) is 17.6 Å². The summed E-state index contributed by atoms with van der Waals surface area (Å²) in [6.07, 6.45) is 0. The molecule has 0 radical (unpaired) electrons. The second kappa shape index (κ2) is 3.80. The SMILES string of the molecule is COc1ccc(N[S-])c2ccccc12. The normalized spacial score (nSPS) is 10.1. The Morgan fingerprint density at radius 1 is 1.07 bits per heavy atom. The van der Waals surface area contributed by atoms with Gasteiger partial charge in [0.2, 0.25) is 0 Å². The minimum Gasteiger partial charge on any atom is -0.670 e. The number of anilines is 1. The van der Waals surface area contributed by atoms with Crippen molar-refractivity contribution >= 4 is 29.3 Å². The van der Waals surface area contributed by atoms with Crippen LogP contribution < -0.4 is 9.46 Å². The van der Waals surface area contributed by atoms with E-state index in [1.54, 1.807) is 7.11 Å². The molecule has 0 aliphatic heterocycles. The lowest BCUT2D eigenvalue weighted by molar-refractivity contribution is 0.420. The minimum absolute atomic E-state index is 0.870. The molecule has 0 amide bonds. The topological polar surface area (TPSA) is 21.3 Å². The third-order valence-corrected chi connectivity index (χ3v) is 2.43. The van der Waals surface area contributed by atoms with E-state index < -0.39 is 0 Å². The lowest BCUT2D eigenvalue weighted by Crippen LogP contribution is -1.90. The number of rotatable bonds is 2. The van der Waals surface area contributed by atoms with Crippen LogP contribution in [0.4, 0.5) is 5.69 Å². The van der Waals surface area contributed by atoms with E-state index in [1.807, 2.05) is 36.4 Å². The molecule has 14 heavy (non-hydrogen) atoms. The Bertz CT molecular complexity index is 413. The van der Waals surface area contributed by atoms with Crippen molar-refractivity contribution in [3.05, 3.63) is 36.4 Å². The number of ether oxygens (including phenoxy) is 1. The van der Waals surface area contributed by atoms with E-state index in [9.17, 15) is 0 Å². The van der Waals surface area contributed by atoms with E-state index in [0.29, 0.717) is 0 Å². The van der Waals surface area contributed by atoms with E-state index in [2.05, 4.69) is 4.72 Å². The molecule has 0 aromatic heterocycles. The van der Waals surface area contributed by atoms with E-state index in [0.717, 1.165) is 22.2 Å². The summed E-state index contributed by atoms with van der Waals surface area (Å²) >= 11 is 4.83. The van der Waals surface area contributed by atoms with Crippen molar-refractivity contribution in [2.45, 2.75) is 0 Å². The molecule has 2 aromatic rings. The first kappa shape index (κ1) is 9.21. The third kappa shape index (κ3) is 1.40. The Morgan fingerprint density at radius 2 is 1.79 bits per heavy atom. The average molecular weight is 204 g/mol. The Kier molecular flexibility index (Phi) is 2.50. The Labute approximate surface area is 88.4 Å². The summed E-state index contributed by atoms with van der Waals surface area (Å²) in [4.78, 5) is 0. The summed E-state index contributed by atoms with van der Waals surface area (Å²) in [5, 5.41) is 2.16. The zero-order chi connectivity index (χ0) is 9.97. The minimum atomic E-state index is 0.870. The summed E-state index contributed by atoms with van der Waals surface area (Å²) in [6.45, 7) is 0. The van der Waals surface area contributed by atoms with Crippen LogP contribution in [0.2, 0.25) is 0 Å². The molecule has 0 heterocycles. The van der Waals surface area contributed by atoms with Gasteiger partial charge in [0.1, 0.15) is 5.75 Å². The average Bonchev–Trinajstić information content (AvgIpc) is 2.27. The predicted molar refractivity (Wildman–Crippen MR) is 61.5 cm³/mol. The maximum Gasteiger partial charge on any atom is 0.126 e. The van der Waals surface area contributed by atoms with Crippen LogP contribution in [0.25, 0.3) is 10.8 Å². The highest BCUT2D eigenvalue weighted by Gasteiger charge is 2.02. The van der Waals surface area contributed by atoms with Crippen molar-refractivity contribution in [1.82, 2.24) is 0 Å². The van der Waals surface area contributed by atoms with Crippen LogP contribution in [0.1, 0.15) is 0 Å². The monoisotopic (exact) mass is 204 g/mol. The maximum atomic E-state index is 5.27. The quantitative estimate of drug-likeness (QED) is 0.760. The zero-order valence-corrected chi connectivity index (χ0v) is 8.60. The maximum absolute atomic E-state index is 5.27. The van der Waals surface area contributed by atoms with Gasteiger partial charge in [0.15, 0.2) is 0 Å². The third-order valence-electron chi connectivity index (χ3n) is 2.21. The molecule has 0 spiro atoms. The molecule has 0 atom stereocenters. The second-order valence-corrected chi connectivity index (χ2v) is 3.17. The second-order valence-electron chi connectivity index (χ2n) is 2.96. The van der Waals surface area contributed by atoms with E-state index in [1.165, 1.54) is 0 Å². The molecule has 0 bridgehead atoms. The number of hydrogen-bond donors (Lipinski definition) is 1. The molecule has 72 valence electrons. The van der Waals surface area contributed by atoms with Crippen LogP contribution in [0.3, 0.4) is 0 Å². The first-order chi connectivity index (χ1) is 6.86. The molecule has 0 saturated carbocycles. The number of fused-ring (bicyclic) bond motifs is 1. The van der Waals surface area contributed by atoms with Gasteiger partial charge < -0.3 is 22.3 Å². The number of nitrogens with one attached hydrogen (secondary N) is 1. The van der Waals surface area contributed by atoms with Gasteiger partial charge in [-0.25, -0.2) is 0 Å². The molecule has 0 aliphatic carbocycles. The van der Waals surface area contributed by atoms with Crippen LogP contribution in [-0.4, -0.2) is 7.11 Å². The van der Waals surface area contributed by atoms with Crippen molar-refractivity contribution in [2.75, 3.05) is 11.8 Å². The lowest BCUT2D eigenvalue weighted by Gasteiger charge is -2.14. The Hall–Kier alpha value is -1.35. The largest absolute Gasteiger partial charge is 0.670 e. The molecular formula is C11H10NOS-. The van der Waals surface area contributed by atoms with Gasteiger partial charge in [0, 0.05) is 16.5 Å². The van der Waals surface area contributed by atoms with Gasteiger partial charge in [0.25, 0.3) is 0 Å². The van der Waals surface area contributed by atoms with Crippen LogP contribution in [-0.2, 0) is 12.8 Å². The number of benzene rings is 2. The summed E-state index contributed by atoms with van der Waals surface area (Å²) in [6, 6.07) is 11.8. The standard InChI is InChI=1S/C11H10NOS/c1-13-11-7-6-10(12-14)8-4-2-3-5-9(8)11/h2-7,12H,1H3/q-1. The molecule has 2 rings (SSSR count). The molecule has 3 heteroatoms. The van der Waals surface area contributed by atoms with Gasteiger partial charge in [-0.2, -0.15) is 0 Å². The summed E-state index contributed by atoms with van der Waals surface area (Å²) in [5.41, 5.74) is 0.941. The van der Waals surface area contributed by atoms with Crippen LogP contribution >= 0.6 is 0 Å². The summed E-state index contributed by atoms with van der Waals surface area (Å²) in [7, 11) is 1.67. The molecular weight excluding hydrogens is 194 g/mol. The molecule has 2 aromatic carbocycles. The van der Waals surface area contributed by atoms with Crippen LogP contribution in [0.15, 0.2) is 36.4 Å². The molecule has 0 fully saturated rings. The van der Waals surface area contributed by atoms with Gasteiger partial charge >= 0.3 is 0 Å². The first-order valence-electron chi connectivity index (χ1n) is 4.30. The summed E-state index contributed by atoms with van der Waals surface area (Å²) in [5.74, 6) is 0.870. The highest BCUT2D eigenvalue weighted by atomic mass is 32.1. The lowest BCUT2D eigenvalue weighted by atomic mass is 10.1. The fraction of sp³-hybridized carbons (Fsp3) is 0.0909. The number of hydrogen-bond acceptors (Lipinski definition) is 3. The van der Waals surface area contributed by atoms with E-state index >= 15 is 0 Å². The smallest absolute Gasteiger partial charge is 0.126 e. The molecule has 0 aliphatic rings. The highest BCUT2D eigenvalue weighted by molar-refractivity contribution is 7.60. The van der Waals surface area contributed by atoms with Crippen molar-refractivity contribution in [2.24, 2.45) is 0 Å². The fourth-order valence-electron chi connectivity index (χ4n) is 1.54. The van der Waals surface area contributed by atoms with Crippen LogP contribution in [0, 0.1) is 0 Å². The van der Waals surface area contributed by atoms with Gasteiger partial charge in [-0.1, -0.05) is 24.3 Å². The van der Waals surface area contributed by atoms with E-state index in [-0.39, 0.29) is 0 Å². The van der Waals surface area contributed by atoms with Crippen molar-refractivity contribution in [1.29, 1.82) is 0 Å². The van der Waals surface area contributed by atoms with Gasteiger partial charge in [-0.15, -0.1) is 0 Å². The van der Waals surface area contributed by atoms with Crippen LogP contribution in [0.5, 0.6) is 5.75 Å². The van der Waals surface area contributed by atoms with Crippen molar-refractivity contribution in [3.63, 3.8) is 0 Å². The summed E-state index contributed by atoms with van der Waals surface area (Å²) < 4.78 is 8.01. The van der Waals surface area contributed by atoms with Gasteiger partial charge in [-0.3, -0.25) is 0 Å². The Morgan fingerprint density at radius 3 is 2.43 bits per heavy atom. The van der Waals surface area contributed by atoms with Crippen molar-refractivity contribution in [3.8, 4) is 5.75 Å².